The van der Waals surface area contributed by atoms with Gasteiger partial charge in [0.15, 0.2) is 5.75 Å². The second-order valence-corrected chi connectivity index (χ2v) is 5.48. The first-order chi connectivity index (χ1) is 12.4. The monoisotopic (exact) mass is 360 g/mol. The van der Waals surface area contributed by atoms with E-state index in [9.17, 15) is 14.9 Å². The van der Waals surface area contributed by atoms with Crippen molar-refractivity contribution in [3.8, 4) is 17.2 Å². The predicted octanol–water partition coefficient (Wildman–Crippen LogP) is 2.89. The van der Waals surface area contributed by atoms with Crippen LogP contribution in [0.3, 0.4) is 0 Å². The molecule has 0 saturated carbocycles. The third kappa shape index (κ3) is 4.02. The number of nitrogens with zero attached hydrogens (tertiary/aromatic N) is 2. The van der Waals surface area contributed by atoms with E-state index in [-0.39, 0.29) is 29.5 Å². The van der Waals surface area contributed by atoms with Gasteiger partial charge in [-0.25, -0.2) is 0 Å². The van der Waals surface area contributed by atoms with Crippen LogP contribution in [-0.2, 0) is 6.54 Å². The van der Waals surface area contributed by atoms with Crippen LogP contribution in [0.4, 0.5) is 5.69 Å². The van der Waals surface area contributed by atoms with Crippen molar-refractivity contribution in [2.45, 2.75) is 6.54 Å². The van der Waals surface area contributed by atoms with Crippen molar-refractivity contribution in [2.75, 3.05) is 28.4 Å². The number of amides is 1. The Morgan fingerprint density at radius 1 is 1.04 bits per heavy atom. The second-order valence-electron chi connectivity index (χ2n) is 5.48. The highest BCUT2D eigenvalue weighted by Crippen LogP contribution is 2.29. The van der Waals surface area contributed by atoms with Gasteiger partial charge in [-0.3, -0.25) is 14.9 Å². The Bertz CT molecular complexity index is 821. The number of benzene rings is 2. The van der Waals surface area contributed by atoms with Gasteiger partial charge in [0.05, 0.1) is 26.3 Å². The number of hydrogen-bond donors (Lipinski definition) is 0. The number of nitro benzene ring substituents is 1. The zero-order chi connectivity index (χ0) is 19.3. The molecular formula is C18H20N2O6. The summed E-state index contributed by atoms with van der Waals surface area (Å²) in [6, 6.07) is 9.42. The van der Waals surface area contributed by atoms with Crippen LogP contribution in [0, 0.1) is 10.1 Å². The summed E-state index contributed by atoms with van der Waals surface area (Å²) in [5.74, 6) is 0.981. The van der Waals surface area contributed by atoms with E-state index in [1.807, 2.05) is 0 Å². The van der Waals surface area contributed by atoms with Gasteiger partial charge in [0.25, 0.3) is 5.91 Å². The molecule has 0 aromatic heterocycles. The molecule has 0 atom stereocenters. The van der Waals surface area contributed by atoms with Crippen molar-refractivity contribution in [1.82, 2.24) is 4.90 Å². The molecule has 2 aromatic rings. The van der Waals surface area contributed by atoms with Crippen molar-refractivity contribution in [3.05, 3.63) is 57.6 Å². The van der Waals surface area contributed by atoms with Crippen LogP contribution < -0.4 is 14.2 Å². The van der Waals surface area contributed by atoms with Gasteiger partial charge in [0.1, 0.15) is 11.5 Å². The van der Waals surface area contributed by atoms with E-state index < -0.39 is 4.92 Å². The topological polar surface area (TPSA) is 91.1 Å². The highest BCUT2D eigenvalue weighted by atomic mass is 16.6. The molecule has 2 aromatic carbocycles. The summed E-state index contributed by atoms with van der Waals surface area (Å²) in [7, 11) is 6.04. The average Bonchev–Trinajstić information content (AvgIpc) is 2.66. The van der Waals surface area contributed by atoms with Crippen LogP contribution in [0.25, 0.3) is 0 Å². The van der Waals surface area contributed by atoms with Gasteiger partial charge in [-0.05, 0) is 24.3 Å². The molecule has 138 valence electrons. The minimum Gasteiger partial charge on any atom is -0.497 e. The lowest BCUT2D eigenvalue weighted by Gasteiger charge is -2.19. The zero-order valence-corrected chi connectivity index (χ0v) is 15.0. The van der Waals surface area contributed by atoms with Crippen LogP contribution in [0.1, 0.15) is 15.9 Å². The molecule has 8 nitrogen and oxygen atoms in total. The summed E-state index contributed by atoms with van der Waals surface area (Å²) >= 11 is 0. The van der Waals surface area contributed by atoms with Gasteiger partial charge in [-0.1, -0.05) is 0 Å². The predicted molar refractivity (Wildman–Crippen MR) is 95.0 cm³/mol. The van der Waals surface area contributed by atoms with Gasteiger partial charge in [-0.2, -0.15) is 0 Å². The van der Waals surface area contributed by atoms with Gasteiger partial charge in [0.2, 0.25) is 0 Å². The Morgan fingerprint density at radius 3 is 2.31 bits per heavy atom. The molecule has 0 aliphatic heterocycles. The minimum atomic E-state index is -0.581. The number of methoxy groups -OCH3 is 3. The molecule has 0 radical (unpaired) electrons. The van der Waals surface area contributed by atoms with Gasteiger partial charge in [-0.15, -0.1) is 0 Å². The van der Waals surface area contributed by atoms with Gasteiger partial charge >= 0.3 is 5.69 Å². The molecule has 0 saturated heterocycles. The summed E-state index contributed by atoms with van der Waals surface area (Å²) < 4.78 is 15.4. The van der Waals surface area contributed by atoms with Crippen LogP contribution in [0.5, 0.6) is 17.2 Å². The van der Waals surface area contributed by atoms with E-state index in [0.29, 0.717) is 11.5 Å². The first kappa shape index (κ1) is 19.0. The summed E-state index contributed by atoms with van der Waals surface area (Å²) in [6.45, 7) is 0.270. The highest BCUT2D eigenvalue weighted by Gasteiger charge is 2.21. The van der Waals surface area contributed by atoms with Crippen molar-refractivity contribution in [1.29, 1.82) is 0 Å². The van der Waals surface area contributed by atoms with Crippen molar-refractivity contribution < 1.29 is 23.9 Å². The quantitative estimate of drug-likeness (QED) is 0.557. The SMILES string of the molecule is COc1ccc(CN(C)C(=O)c2ccc(OC)c([N+](=O)[O-])c2)c(OC)c1. The van der Waals surface area contributed by atoms with Crippen molar-refractivity contribution >= 4 is 11.6 Å². The third-order valence-corrected chi connectivity index (χ3v) is 3.87. The molecule has 8 heteroatoms. The molecule has 2 rings (SSSR count). The Hall–Kier alpha value is -3.29. The van der Waals surface area contributed by atoms with E-state index in [0.717, 1.165) is 5.56 Å². The first-order valence-corrected chi connectivity index (χ1v) is 7.70. The lowest BCUT2D eigenvalue weighted by atomic mass is 10.1. The summed E-state index contributed by atoms with van der Waals surface area (Å²) in [5, 5.41) is 11.1. The number of nitro groups is 1. The van der Waals surface area contributed by atoms with Crippen molar-refractivity contribution in [3.63, 3.8) is 0 Å². The molecule has 0 aliphatic carbocycles. The summed E-state index contributed by atoms with van der Waals surface area (Å²) in [6.07, 6.45) is 0. The van der Waals surface area contributed by atoms with E-state index in [2.05, 4.69) is 0 Å². The fourth-order valence-electron chi connectivity index (χ4n) is 2.50. The van der Waals surface area contributed by atoms with E-state index in [4.69, 9.17) is 14.2 Å². The Morgan fingerprint density at radius 2 is 1.73 bits per heavy atom. The molecule has 26 heavy (non-hydrogen) atoms. The van der Waals surface area contributed by atoms with Crippen LogP contribution in [0.15, 0.2) is 36.4 Å². The Labute approximate surface area is 151 Å². The van der Waals surface area contributed by atoms with Crippen LogP contribution in [0.2, 0.25) is 0 Å². The molecule has 0 heterocycles. The third-order valence-electron chi connectivity index (χ3n) is 3.87. The van der Waals surface area contributed by atoms with E-state index >= 15 is 0 Å². The maximum Gasteiger partial charge on any atom is 0.311 e. The maximum absolute atomic E-state index is 12.6. The number of hydrogen-bond acceptors (Lipinski definition) is 6. The number of carbonyl (C=O) groups excluding carboxylic acids is 1. The fraction of sp³-hybridized carbons (Fsp3) is 0.278. The average molecular weight is 360 g/mol. The Kier molecular flexibility index (Phi) is 6.00. The molecule has 0 aliphatic rings. The fourth-order valence-corrected chi connectivity index (χ4v) is 2.50. The number of carbonyl (C=O) groups is 1. The first-order valence-electron chi connectivity index (χ1n) is 7.70. The Balaban J connectivity index is 2.25. The molecule has 1 amide bonds. The summed E-state index contributed by atoms with van der Waals surface area (Å²) in [5.41, 5.74) is 0.730. The molecule has 0 bridgehead atoms. The molecular weight excluding hydrogens is 340 g/mol. The molecule has 0 unspecified atom stereocenters. The lowest BCUT2D eigenvalue weighted by molar-refractivity contribution is -0.385. The van der Waals surface area contributed by atoms with E-state index in [1.54, 1.807) is 32.4 Å². The largest absolute Gasteiger partial charge is 0.497 e. The standard InChI is InChI=1S/C18H20N2O6/c1-19(11-13-5-7-14(24-2)10-17(13)26-4)18(21)12-6-8-16(25-3)15(9-12)20(22)23/h5-10H,11H2,1-4H3. The van der Waals surface area contributed by atoms with Gasteiger partial charge in [0, 0.05) is 36.9 Å². The second kappa shape index (κ2) is 8.19. The van der Waals surface area contributed by atoms with Crippen LogP contribution >= 0.6 is 0 Å². The van der Waals surface area contributed by atoms with Crippen molar-refractivity contribution in [2.24, 2.45) is 0 Å². The van der Waals surface area contributed by atoms with Gasteiger partial charge < -0.3 is 19.1 Å². The van der Waals surface area contributed by atoms with E-state index in [1.165, 1.54) is 37.3 Å². The summed E-state index contributed by atoms with van der Waals surface area (Å²) in [4.78, 5) is 24.6. The smallest absolute Gasteiger partial charge is 0.311 e. The number of ether oxygens (including phenoxy) is 3. The lowest BCUT2D eigenvalue weighted by Crippen LogP contribution is -2.26. The molecule has 0 spiro atoms. The normalized spacial score (nSPS) is 10.2. The highest BCUT2D eigenvalue weighted by molar-refractivity contribution is 5.95. The number of rotatable bonds is 7. The molecule has 0 fully saturated rings. The minimum absolute atomic E-state index is 0.103. The maximum atomic E-state index is 12.6. The van der Waals surface area contributed by atoms with Crippen LogP contribution in [-0.4, -0.2) is 44.1 Å². The zero-order valence-electron chi connectivity index (χ0n) is 15.0. The molecule has 0 N–H and O–H groups in total.